The van der Waals surface area contributed by atoms with Crippen molar-refractivity contribution in [3.63, 3.8) is 0 Å². The Morgan fingerprint density at radius 1 is 1.36 bits per heavy atom. The van der Waals surface area contributed by atoms with Gasteiger partial charge in [0, 0.05) is 17.8 Å². The molecule has 0 saturated carbocycles. The Bertz CT molecular complexity index is 951. The van der Waals surface area contributed by atoms with Crippen LogP contribution in [0.25, 0.3) is 0 Å². The standard InChI is InChI=1S/C21H19ClFN3O2/c1-21(2)13-26(20(21)27)18-7-4-14(5-8-18)16(10-24)11-25-28-12-15-3-6-17(23)9-19(15)22/h3-9,11,16H,12-13H2,1-2H3/b25-11+. The van der Waals surface area contributed by atoms with Crippen LogP contribution in [0.15, 0.2) is 47.6 Å². The highest BCUT2D eigenvalue weighted by Crippen LogP contribution is 2.35. The summed E-state index contributed by atoms with van der Waals surface area (Å²) in [7, 11) is 0. The quantitative estimate of drug-likeness (QED) is 0.403. The maximum absolute atomic E-state index is 13.0. The summed E-state index contributed by atoms with van der Waals surface area (Å²) < 4.78 is 13.0. The molecular formula is C21H19ClFN3O2. The minimum Gasteiger partial charge on any atom is -0.391 e. The van der Waals surface area contributed by atoms with Crippen molar-refractivity contribution in [2.24, 2.45) is 10.6 Å². The van der Waals surface area contributed by atoms with E-state index < -0.39 is 11.7 Å². The number of carbonyl (C=O) groups is 1. The number of rotatable bonds is 6. The van der Waals surface area contributed by atoms with Crippen LogP contribution >= 0.6 is 11.6 Å². The van der Waals surface area contributed by atoms with Crippen molar-refractivity contribution in [1.82, 2.24) is 0 Å². The molecule has 2 aromatic carbocycles. The zero-order valence-corrected chi connectivity index (χ0v) is 16.3. The molecule has 0 bridgehead atoms. The highest BCUT2D eigenvalue weighted by Gasteiger charge is 2.44. The zero-order valence-electron chi connectivity index (χ0n) is 15.5. The number of β-lactam (4-membered cyclic amide) rings is 1. The van der Waals surface area contributed by atoms with E-state index in [2.05, 4.69) is 11.2 Å². The van der Waals surface area contributed by atoms with Crippen molar-refractivity contribution in [3.05, 3.63) is 64.4 Å². The van der Waals surface area contributed by atoms with Gasteiger partial charge in [-0.05, 0) is 43.7 Å². The second kappa shape index (κ2) is 7.99. The molecule has 0 N–H and O–H groups in total. The average molecular weight is 400 g/mol. The van der Waals surface area contributed by atoms with Crippen LogP contribution in [-0.4, -0.2) is 18.7 Å². The largest absolute Gasteiger partial charge is 0.391 e. The third-order valence-corrected chi connectivity index (χ3v) is 4.95. The molecule has 0 aliphatic carbocycles. The van der Waals surface area contributed by atoms with E-state index in [1.165, 1.54) is 24.4 Å². The van der Waals surface area contributed by atoms with Crippen LogP contribution in [0.5, 0.6) is 0 Å². The van der Waals surface area contributed by atoms with Crippen LogP contribution < -0.4 is 4.90 Å². The summed E-state index contributed by atoms with van der Waals surface area (Å²) in [5, 5.41) is 13.5. The van der Waals surface area contributed by atoms with Crippen LogP contribution in [0.4, 0.5) is 10.1 Å². The fourth-order valence-electron chi connectivity index (χ4n) is 2.92. The first-order valence-corrected chi connectivity index (χ1v) is 9.10. The predicted octanol–water partition coefficient (Wildman–Crippen LogP) is 4.66. The summed E-state index contributed by atoms with van der Waals surface area (Å²) in [4.78, 5) is 19.0. The molecule has 5 nitrogen and oxygen atoms in total. The van der Waals surface area contributed by atoms with Gasteiger partial charge in [-0.25, -0.2) is 4.39 Å². The van der Waals surface area contributed by atoms with Gasteiger partial charge in [0.15, 0.2) is 0 Å². The molecule has 1 saturated heterocycles. The third kappa shape index (κ3) is 4.15. The van der Waals surface area contributed by atoms with Crippen LogP contribution in [-0.2, 0) is 16.2 Å². The molecule has 0 spiro atoms. The number of halogens is 2. The van der Waals surface area contributed by atoms with Gasteiger partial charge in [-0.3, -0.25) is 4.79 Å². The third-order valence-electron chi connectivity index (χ3n) is 4.60. The van der Waals surface area contributed by atoms with Crippen LogP contribution in [0.3, 0.4) is 0 Å². The minimum atomic E-state index is -0.596. The lowest BCUT2D eigenvalue weighted by Gasteiger charge is -2.44. The summed E-state index contributed by atoms with van der Waals surface area (Å²) >= 11 is 5.93. The normalized spacial score (nSPS) is 16.5. The van der Waals surface area contributed by atoms with Gasteiger partial charge in [0.1, 0.15) is 18.3 Å². The monoisotopic (exact) mass is 399 g/mol. The van der Waals surface area contributed by atoms with Gasteiger partial charge >= 0.3 is 0 Å². The van der Waals surface area contributed by atoms with Gasteiger partial charge in [0.25, 0.3) is 0 Å². The summed E-state index contributed by atoms with van der Waals surface area (Å²) in [6.07, 6.45) is 1.39. The lowest BCUT2D eigenvalue weighted by atomic mass is 9.82. The number of anilines is 1. The first kappa shape index (κ1) is 19.8. The lowest BCUT2D eigenvalue weighted by Crippen LogP contribution is -2.58. The van der Waals surface area contributed by atoms with Crippen LogP contribution in [0, 0.1) is 22.6 Å². The molecule has 1 heterocycles. The van der Waals surface area contributed by atoms with Crippen LogP contribution in [0.1, 0.15) is 30.9 Å². The Morgan fingerprint density at radius 3 is 2.64 bits per heavy atom. The molecule has 1 unspecified atom stereocenters. The maximum atomic E-state index is 13.0. The molecule has 1 aliphatic heterocycles. The Kier molecular flexibility index (Phi) is 5.66. The number of hydrogen-bond donors (Lipinski definition) is 0. The Balaban J connectivity index is 1.60. The molecule has 1 amide bonds. The van der Waals surface area contributed by atoms with E-state index in [-0.39, 0.29) is 23.0 Å². The Morgan fingerprint density at radius 2 is 2.07 bits per heavy atom. The first-order chi connectivity index (χ1) is 13.3. The number of benzene rings is 2. The predicted molar refractivity (Wildman–Crippen MR) is 106 cm³/mol. The molecule has 1 aliphatic rings. The number of carbonyl (C=O) groups excluding carboxylic acids is 1. The van der Waals surface area contributed by atoms with E-state index in [1.807, 2.05) is 26.0 Å². The molecule has 28 heavy (non-hydrogen) atoms. The number of nitrogens with zero attached hydrogens (tertiary/aromatic N) is 3. The lowest BCUT2D eigenvalue weighted by molar-refractivity contribution is -0.132. The van der Waals surface area contributed by atoms with Gasteiger partial charge in [0.2, 0.25) is 5.91 Å². The first-order valence-electron chi connectivity index (χ1n) is 8.73. The molecule has 0 aromatic heterocycles. The van der Waals surface area contributed by atoms with Crippen molar-refractivity contribution in [2.75, 3.05) is 11.4 Å². The van der Waals surface area contributed by atoms with E-state index in [0.717, 1.165) is 11.3 Å². The molecule has 7 heteroatoms. The zero-order chi connectivity index (χ0) is 20.3. The number of nitriles is 1. The van der Waals surface area contributed by atoms with Crippen LogP contribution in [0.2, 0.25) is 5.02 Å². The Labute approximate surface area is 168 Å². The number of hydrogen-bond acceptors (Lipinski definition) is 4. The summed E-state index contributed by atoms with van der Waals surface area (Å²) in [6.45, 7) is 4.58. The molecule has 1 fully saturated rings. The highest BCUT2D eigenvalue weighted by molar-refractivity contribution is 6.31. The smallest absolute Gasteiger partial charge is 0.234 e. The second-order valence-corrected chi connectivity index (χ2v) is 7.64. The van der Waals surface area contributed by atoms with E-state index >= 15 is 0 Å². The average Bonchev–Trinajstić information content (AvgIpc) is 2.68. The van der Waals surface area contributed by atoms with Crippen molar-refractivity contribution < 1.29 is 14.0 Å². The highest BCUT2D eigenvalue weighted by atomic mass is 35.5. The fourth-order valence-corrected chi connectivity index (χ4v) is 3.14. The van der Waals surface area contributed by atoms with Gasteiger partial charge in [0.05, 0.1) is 22.7 Å². The topological polar surface area (TPSA) is 65.7 Å². The van der Waals surface area contributed by atoms with Gasteiger partial charge in [-0.2, -0.15) is 5.26 Å². The minimum absolute atomic E-state index is 0.0690. The molecule has 3 rings (SSSR count). The van der Waals surface area contributed by atoms with E-state index in [0.29, 0.717) is 12.1 Å². The summed E-state index contributed by atoms with van der Waals surface area (Å²) in [5.74, 6) is -0.929. The molecule has 0 radical (unpaired) electrons. The SMILES string of the molecule is CC1(C)CN(c2ccc(C(C#N)/C=N/OCc3ccc(F)cc3Cl)cc2)C1=O. The molecule has 1 atom stereocenters. The number of oxime groups is 1. The van der Waals surface area contributed by atoms with Crippen molar-refractivity contribution in [1.29, 1.82) is 5.26 Å². The van der Waals surface area contributed by atoms with E-state index in [4.69, 9.17) is 16.4 Å². The summed E-state index contributed by atoms with van der Waals surface area (Å²) in [5.41, 5.74) is 1.83. The fraction of sp³-hybridized carbons (Fsp3) is 0.286. The van der Waals surface area contributed by atoms with Crippen molar-refractivity contribution >= 4 is 29.4 Å². The second-order valence-electron chi connectivity index (χ2n) is 7.24. The van der Waals surface area contributed by atoms with Gasteiger partial charge in [-0.15, -0.1) is 0 Å². The molecule has 2 aromatic rings. The summed E-state index contributed by atoms with van der Waals surface area (Å²) in [6, 6.07) is 13.4. The number of amides is 1. The Hall–Kier alpha value is -2.91. The van der Waals surface area contributed by atoms with Gasteiger partial charge < -0.3 is 9.74 Å². The van der Waals surface area contributed by atoms with E-state index in [1.54, 1.807) is 17.0 Å². The van der Waals surface area contributed by atoms with Gasteiger partial charge in [-0.1, -0.05) is 35.0 Å². The van der Waals surface area contributed by atoms with E-state index in [9.17, 15) is 14.4 Å². The molecule has 144 valence electrons. The van der Waals surface area contributed by atoms with Crippen molar-refractivity contribution in [2.45, 2.75) is 26.4 Å². The van der Waals surface area contributed by atoms with Crippen molar-refractivity contribution in [3.8, 4) is 6.07 Å². The molecular weight excluding hydrogens is 381 g/mol. The maximum Gasteiger partial charge on any atom is 0.234 e.